The number of carbonyl (C=O) groups is 2. The number of rotatable bonds is 4. The van der Waals surface area contributed by atoms with Crippen molar-refractivity contribution in [2.75, 3.05) is 5.32 Å². The van der Waals surface area contributed by atoms with E-state index in [1.54, 1.807) is 18.2 Å². The van der Waals surface area contributed by atoms with Crippen LogP contribution in [0.4, 0.5) is 10.5 Å². The highest BCUT2D eigenvalue weighted by atomic mass is 79.9. The highest BCUT2D eigenvalue weighted by Gasteiger charge is 2.15. The van der Waals surface area contributed by atoms with Crippen LogP contribution in [0.15, 0.2) is 40.2 Å². The number of nitrogens with one attached hydrogen (secondary N) is 2. The number of alkyl carbamates (subject to hydrolysis) is 1. The predicted molar refractivity (Wildman–Crippen MR) is 99.5 cm³/mol. The SMILES string of the molecule is CC(C)(C)OC(=O)NCc1ccc(NC(=O)c2ccc(Br)s2)cc1. The van der Waals surface area contributed by atoms with Crippen LogP contribution in [0.2, 0.25) is 0 Å². The van der Waals surface area contributed by atoms with Gasteiger partial charge in [0.1, 0.15) is 5.60 Å². The smallest absolute Gasteiger partial charge is 0.407 e. The average Bonchev–Trinajstić information content (AvgIpc) is 2.91. The molecule has 5 nitrogen and oxygen atoms in total. The fourth-order valence-electron chi connectivity index (χ4n) is 1.82. The Balaban J connectivity index is 1.86. The van der Waals surface area contributed by atoms with E-state index in [2.05, 4.69) is 26.6 Å². The van der Waals surface area contributed by atoms with Gasteiger partial charge in [-0.1, -0.05) is 12.1 Å². The Hall–Kier alpha value is -1.86. The first-order chi connectivity index (χ1) is 11.2. The molecular formula is C17H19BrN2O3S. The normalized spacial score (nSPS) is 11.0. The van der Waals surface area contributed by atoms with E-state index in [1.165, 1.54) is 11.3 Å². The van der Waals surface area contributed by atoms with Crippen LogP contribution in [0, 0.1) is 0 Å². The quantitative estimate of drug-likeness (QED) is 0.761. The maximum atomic E-state index is 12.1. The van der Waals surface area contributed by atoms with Crippen molar-refractivity contribution in [1.29, 1.82) is 0 Å². The maximum absolute atomic E-state index is 12.1. The van der Waals surface area contributed by atoms with Gasteiger partial charge in [0.05, 0.1) is 8.66 Å². The molecule has 128 valence electrons. The van der Waals surface area contributed by atoms with Gasteiger partial charge in [0.15, 0.2) is 0 Å². The second-order valence-electron chi connectivity index (χ2n) is 6.11. The van der Waals surface area contributed by atoms with E-state index in [0.29, 0.717) is 17.1 Å². The number of hydrogen-bond acceptors (Lipinski definition) is 4. The molecule has 0 aliphatic heterocycles. The molecule has 0 spiro atoms. The van der Waals surface area contributed by atoms with E-state index < -0.39 is 11.7 Å². The molecule has 0 fully saturated rings. The summed E-state index contributed by atoms with van der Waals surface area (Å²) in [6, 6.07) is 10.9. The van der Waals surface area contributed by atoms with Crippen molar-refractivity contribution >= 4 is 45.0 Å². The molecule has 0 aliphatic carbocycles. The summed E-state index contributed by atoms with van der Waals surface area (Å²) in [5.74, 6) is -0.148. The van der Waals surface area contributed by atoms with Crippen molar-refractivity contribution < 1.29 is 14.3 Å². The maximum Gasteiger partial charge on any atom is 0.407 e. The van der Waals surface area contributed by atoms with Crippen LogP contribution in [0.1, 0.15) is 36.0 Å². The summed E-state index contributed by atoms with van der Waals surface area (Å²) >= 11 is 4.71. The van der Waals surface area contributed by atoms with Gasteiger partial charge in [-0.2, -0.15) is 0 Å². The molecule has 2 N–H and O–H groups in total. The molecule has 0 bridgehead atoms. The predicted octanol–water partition coefficient (Wildman–Crippen LogP) is 4.79. The lowest BCUT2D eigenvalue weighted by atomic mass is 10.2. The number of ether oxygens (including phenoxy) is 1. The monoisotopic (exact) mass is 410 g/mol. The summed E-state index contributed by atoms with van der Waals surface area (Å²) in [6.45, 7) is 5.81. The zero-order valence-corrected chi connectivity index (χ0v) is 16.1. The average molecular weight is 411 g/mol. The lowest BCUT2D eigenvalue weighted by Crippen LogP contribution is -2.32. The van der Waals surface area contributed by atoms with Crippen molar-refractivity contribution in [1.82, 2.24) is 5.32 Å². The molecule has 0 unspecified atom stereocenters. The molecular weight excluding hydrogens is 392 g/mol. The van der Waals surface area contributed by atoms with Crippen molar-refractivity contribution in [3.63, 3.8) is 0 Å². The lowest BCUT2D eigenvalue weighted by Gasteiger charge is -2.19. The zero-order valence-electron chi connectivity index (χ0n) is 13.7. The first-order valence-corrected chi connectivity index (χ1v) is 8.96. The Bertz CT molecular complexity index is 720. The van der Waals surface area contributed by atoms with Gasteiger partial charge in [-0.05, 0) is 66.5 Å². The highest BCUT2D eigenvalue weighted by Crippen LogP contribution is 2.23. The Morgan fingerprint density at radius 3 is 2.33 bits per heavy atom. The number of benzene rings is 1. The van der Waals surface area contributed by atoms with E-state index in [1.807, 2.05) is 39.0 Å². The van der Waals surface area contributed by atoms with Gasteiger partial charge in [0.2, 0.25) is 0 Å². The standard InChI is InChI=1S/C17H19BrN2O3S/c1-17(2,3)23-16(22)19-10-11-4-6-12(7-5-11)20-15(21)13-8-9-14(18)24-13/h4-9H,10H2,1-3H3,(H,19,22)(H,20,21). The highest BCUT2D eigenvalue weighted by molar-refractivity contribution is 9.11. The third-order valence-corrected chi connectivity index (χ3v) is 4.47. The van der Waals surface area contributed by atoms with E-state index >= 15 is 0 Å². The van der Waals surface area contributed by atoms with Gasteiger partial charge in [0, 0.05) is 12.2 Å². The minimum atomic E-state index is -0.519. The first-order valence-electron chi connectivity index (χ1n) is 7.35. The van der Waals surface area contributed by atoms with Crippen LogP contribution in [0.25, 0.3) is 0 Å². The Kier molecular flexibility index (Phi) is 6.01. The first kappa shape index (κ1) is 18.5. The number of hydrogen-bond donors (Lipinski definition) is 2. The van der Waals surface area contributed by atoms with E-state index in [9.17, 15) is 9.59 Å². The molecule has 0 radical (unpaired) electrons. The van der Waals surface area contributed by atoms with Crippen LogP contribution in [0.3, 0.4) is 0 Å². The summed E-state index contributed by atoms with van der Waals surface area (Å²) in [5.41, 5.74) is 1.10. The zero-order chi connectivity index (χ0) is 17.7. The second-order valence-corrected chi connectivity index (χ2v) is 8.57. The van der Waals surface area contributed by atoms with Gasteiger partial charge in [0.25, 0.3) is 5.91 Å². The van der Waals surface area contributed by atoms with Gasteiger partial charge in [-0.15, -0.1) is 11.3 Å². The molecule has 0 saturated heterocycles. The molecule has 2 aromatic rings. The molecule has 0 aliphatic rings. The molecule has 0 atom stereocenters. The van der Waals surface area contributed by atoms with Crippen LogP contribution in [-0.4, -0.2) is 17.6 Å². The summed E-state index contributed by atoms with van der Waals surface area (Å²) in [7, 11) is 0. The Morgan fingerprint density at radius 1 is 1.12 bits per heavy atom. The fraction of sp³-hybridized carbons (Fsp3) is 0.294. The van der Waals surface area contributed by atoms with Crippen molar-refractivity contribution in [3.05, 3.63) is 50.6 Å². The molecule has 2 amide bonds. The number of halogens is 1. The molecule has 24 heavy (non-hydrogen) atoms. The minimum absolute atomic E-state index is 0.148. The fourth-order valence-corrected chi connectivity index (χ4v) is 3.10. The van der Waals surface area contributed by atoms with Gasteiger partial charge >= 0.3 is 6.09 Å². The minimum Gasteiger partial charge on any atom is -0.444 e. The summed E-state index contributed by atoms with van der Waals surface area (Å²) in [4.78, 5) is 24.3. The summed E-state index contributed by atoms with van der Waals surface area (Å²) in [6.07, 6.45) is -0.455. The van der Waals surface area contributed by atoms with Gasteiger partial charge < -0.3 is 15.4 Å². The van der Waals surface area contributed by atoms with Gasteiger partial charge in [-0.25, -0.2) is 4.79 Å². The van der Waals surface area contributed by atoms with Crippen LogP contribution in [0.5, 0.6) is 0 Å². The van der Waals surface area contributed by atoms with Crippen molar-refractivity contribution in [2.45, 2.75) is 32.9 Å². The summed E-state index contributed by atoms with van der Waals surface area (Å²) < 4.78 is 6.09. The van der Waals surface area contributed by atoms with Crippen LogP contribution >= 0.6 is 27.3 Å². The van der Waals surface area contributed by atoms with Gasteiger partial charge in [-0.3, -0.25) is 4.79 Å². The number of carbonyl (C=O) groups excluding carboxylic acids is 2. The Morgan fingerprint density at radius 2 is 1.79 bits per heavy atom. The number of anilines is 1. The largest absolute Gasteiger partial charge is 0.444 e. The molecule has 1 aromatic heterocycles. The topological polar surface area (TPSA) is 67.4 Å². The lowest BCUT2D eigenvalue weighted by molar-refractivity contribution is 0.0523. The second kappa shape index (κ2) is 7.81. The molecule has 2 rings (SSSR count). The van der Waals surface area contributed by atoms with E-state index in [-0.39, 0.29) is 5.91 Å². The third-order valence-electron chi connectivity index (χ3n) is 2.84. The van der Waals surface area contributed by atoms with Crippen molar-refractivity contribution in [3.8, 4) is 0 Å². The van der Waals surface area contributed by atoms with Crippen LogP contribution in [-0.2, 0) is 11.3 Å². The molecule has 1 heterocycles. The van der Waals surface area contributed by atoms with E-state index in [0.717, 1.165) is 9.35 Å². The number of thiophene rings is 1. The van der Waals surface area contributed by atoms with Crippen molar-refractivity contribution in [2.24, 2.45) is 0 Å². The Labute approximate surface area is 153 Å². The molecule has 7 heteroatoms. The van der Waals surface area contributed by atoms with Crippen LogP contribution < -0.4 is 10.6 Å². The molecule has 0 saturated carbocycles. The number of amides is 2. The third kappa shape index (κ3) is 5.98. The summed E-state index contributed by atoms with van der Waals surface area (Å²) in [5, 5.41) is 5.53. The van der Waals surface area contributed by atoms with E-state index in [4.69, 9.17) is 4.74 Å². The molecule has 1 aromatic carbocycles.